The van der Waals surface area contributed by atoms with Gasteiger partial charge in [0.1, 0.15) is 0 Å². The maximum Gasteiger partial charge on any atom is 0.0358 e. The molecule has 0 radical (unpaired) electrons. The number of nitrogens with two attached hydrogens (primary N) is 1. The van der Waals surface area contributed by atoms with Crippen LogP contribution in [0, 0.1) is 12.3 Å². The Kier molecular flexibility index (Phi) is 3.55. The lowest BCUT2D eigenvalue weighted by molar-refractivity contribution is 0.223. The van der Waals surface area contributed by atoms with Crippen LogP contribution in [0.3, 0.4) is 0 Å². The Morgan fingerprint density at radius 2 is 1.70 bits per heavy atom. The van der Waals surface area contributed by atoms with Gasteiger partial charge in [0, 0.05) is 6.04 Å². The molecule has 2 aromatic carbocycles. The first kappa shape index (κ1) is 13.6. The van der Waals surface area contributed by atoms with Crippen molar-refractivity contribution in [2.24, 2.45) is 11.1 Å². The molecule has 1 aliphatic rings. The highest BCUT2D eigenvalue weighted by molar-refractivity contribution is 5.89. The molecule has 1 aliphatic carbocycles. The molecular formula is C19H25N. The number of hydrogen-bond acceptors (Lipinski definition) is 1. The van der Waals surface area contributed by atoms with E-state index in [0.717, 1.165) is 0 Å². The van der Waals surface area contributed by atoms with Crippen LogP contribution in [0.4, 0.5) is 0 Å². The summed E-state index contributed by atoms with van der Waals surface area (Å²) in [4.78, 5) is 0. The first-order valence-electron chi connectivity index (χ1n) is 7.92. The van der Waals surface area contributed by atoms with Crippen molar-refractivity contribution < 1.29 is 0 Å². The molecule has 1 saturated carbocycles. The Bertz CT molecular complexity index is 608. The van der Waals surface area contributed by atoms with Gasteiger partial charge in [-0.15, -0.1) is 0 Å². The minimum Gasteiger partial charge on any atom is -0.323 e. The Labute approximate surface area is 122 Å². The van der Waals surface area contributed by atoms with Gasteiger partial charge in [-0.2, -0.15) is 0 Å². The Morgan fingerprint density at radius 1 is 1.05 bits per heavy atom. The van der Waals surface area contributed by atoms with E-state index in [1.54, 1.807) is 0 Å². The summed E-state index contributed by atoms with van der Waals surface area (Å²) in [6.45, 7) is 4.49. The van der Waals surface area contributed by atoms with Crippen molar-refractivity contribution in [3.05, 3.63) is 47.5 Å². The molecule has 1 unspecified atom stereocenters. The van der Waals surface area contributed by atoms with Gasteiger partial charge in [0.05, 0.1) is 0 Å². The molecule has 20 heavy (non-hydrogen) atoms. The zero-order valence-electron chi connectivity index (χ0n) is 12.7. The molecule has 0 aromatic heterocycles. The molecule has 1 nitrogen and oxygen atoms in total. The van der Waals surface area contributed by atoms with Gasteiger partial charge in [-0.3, -0.25) is 0 Å². The van der Waals surface area contributed by atoms with Crippen molar-refractivity contribution in [1.29, 1.82) is 0 Å². The minimum atomic E-state index is 0.167. The van der Waals surface area contributed by atoms with Crippen molar-refractivity contribution in [2.45, 2.75) is 52.0 Å². The number of fused-ring (bicyclic) bond motifs is 1. The predicted octanol–water partition coefficient (Wildman–Crippen LogP) is 5.12. The van der Waals surface area contributed by atoms with Crippen molar-refractivity contribution in [3.63, 3.8) is 0 Å². The van der Waals surface area contributed by atoms with Crippen LogP contribution in [0.2, 0.25) is 0 Å². The normalized spacial score (nSPS) is 19.4. The summed E-state index contributed by atoms with van der Waals surface area (Å²) in [7, 11) is 0. The van der Waals surface area contributed by atoms with Crippen molar-refractivity contribution in [1.82, 2.24) is 0 Å². The van der Waals surface area contributed by atoms with Crippen LogP contribution in [0.1, 0.15) is 56.2 Å². The first-order valence-corrected chi connectivity index (χ1v) is 7.92. The molecule has 0 aliphatic heterocycles. The van der Waals surface area contributed by atoms with Gasteiger partial charge in [-0.25, -0.2) is 0 Å². The summed E-state index contributed by atoms with van der Waals surface area (Å²) in [5.74, 6) is 0. The van der Waals surface area contributed by atoms with Gasteiger partial charge < -0.3 is 5.73 Å². The molecule has 3 rings (SSSR count). The standard InChI is InChI=1S/C19H25N/c1-3-19(12-6-7-13-19)18(20)17-11-10-14(2)15-8-4-5-9-16(15)17/h4-5,8-11,18H,3,6-7,12-13,20H2,1-2H3. The second-order valence-electron chi connectivity index (χ2n) is 6.42. The fraction of sp³-hybridized carbons (Fsp3) is 0.474. The van der Waals surface area contributed by atoms with E-state index in [9.17, 15) is 0 Å². The highest BCUT2D eigenvalue weighted by atomic mass is 14.7. The zero-order valence-corrected chi connectivity index (χ0v) is 12.7. The van der Waals surface area contributed by atoms with E-state index in [1.165, 1.54) is 54.0 Å². The van der Waals surface area contributed by atoms with E-state index in [1.807, 2.05) is 0 Å². The lowest BCUT2D eigenvalue weighted by atomic mass is 9.73. The van der Waals surface area contributed by atoms with Crippen molar-refractivity contribution >= 4 is 10.8 Å². The van der Waals surface area contributed by atoms with Crippen LogP contribution in [0.25, 0.3) is 10.8 Å². The molecular weight excluding hydrogens is 242 g/mol. The van der Waals surface area contributed by atoms with Gasteiger partial charge in [-0.05, 0) is 53.5 Å². The first-order chi connectivity index (χ1) is 9.68. The van der Waals surface area contributed by atoms with Crippen LogP contribution in [-0.4, -0.2) is 0 Å². The van der Waals surface area contributed by atoms with Crippen LogP contribution >= 0.6 is 0 Å². The molecule has 106 valence electrons. The summed E-state index contributed by atoms with van der Waals surface area (Å²) in [6.07, 6.45) is 6.44. The molecule has 0 heterocycles. The molecule has 2 N–H and O–H groups in total. The molecule has 0 saturated heterocycles. The second kappa shape index (κ2) is 5.21. The van der Waals surface area contributed by atoms with Crippen molar-refractivity contribution in [2.75, 3.05) is 0 Å². The number of benzene rings is 2. The smallest absolute Gasteiger partial charge is 0.0358 e. The summed E-state index contributed by atoms with van der Waals surface area (Å²) in [6, 6.07) is 13.4. The lowest BCUT2D eigenvalue weighted by Crippen LogP contribution is -2.31. The summed E-state index contributed by atoms with van der Waals surface area (Å²) >= 11 is 0. The third-order valence-corrected chi connectivity index (χ3v) is 5.47. The Balaban J connectivity index is 2.12. The van der Waals surface area contributed by atoms with Crippen molar-refractivity contribution in [3.8, 4) is 0 Å². The maximum atomic E-state index is 6.76. The maximum absolute atomic E-state index is 6.76. The average molecular weight is 267 g/mol. The van der Waals surface area contributed by atoms with E-state index in [-0.39, 0.29) is 6.04 Å². The molecule has 2 aromatic rings. The van der Waals surface area contributed by atoms with E-state index >= 15 is 0 Å². The van der Waals surface area contributed by atoms with Crippen LogP contribution in [-0.2, 0) is 0 Å². The Morgan fingerprint density at radius 3 is 2.35 bits per heavy atom. The monoisotopic (exact) mass is 267 g/mol. The molecule has 1 atom stereocenters. The van der Waals surface area contributed by atoms with Gasteiger partial charge in [-0.1, -0.05) is 56.2 Å². The predicted molar refractivity (Wildman–Crippen MR) is 86.8 cm³/mol. The van der Waals surface area contributed by atoms with E-state index in [2.05, 4.69) is 50.2 Å². The fourth-order valence-corrected chi connectivity index (χ4v) is 4.04. The van der Waals surface area contributed by atoms with Gasteiger partial charge in [0.2, 0.25) is 0 Å². The molecule has 0 spiro atoms. The van der Waals surface area contributed by atoms with Crippen LogP contribution in [0.5, 0.6) is 0 Å². The molecule has 1 fully saturated rings. The van der Waals surface area contributed by atoms with E-state index in [0.29, 0.717) is 5.41 Å². The minimum absolute atomic E-state index is 0.167. The quantitative estimate of drug-likeness (QED) is 0.820. The zero-order chi connectivity index (χ0) is 14.2. The topological polar surface area (TPSA) is 26.0 Å². The summed E-state index contributed by atoms with van der Waals surface area (Å²) < 4.78 is 0. The third kappa shape index (κ3) is 2.05. The largest absolute Gasteiger partial charge is 0.323 e. The van der Waals surface area contributed by atoms with Crippen LogP contribution < -0.4 is 5.73 Å². The number of rotatable bonds is 3. The van der Waals surface area contributed by atoms with Gasteiger partial charge >= 0.3 is 0 Å². The highest BCUT2D eigenvalue weighted by Crippen LogP contribution is 2.49. The lowest BCUT2D eigenvalue weighted by Gasteiger charge is -2.35. The molecule has 0 bridgehead atoms. The molecule has 1 heteroatoms. The van der Waals surface area contributed by atoms with Gasteiger partial charge in [0.15, 0.2) is 0 Å². The van der Waals surface area contributed by atoms with Crippen LogP contribution in [0.15, 0.2) is 36.4 Å². The fourth-order valence-electron chi connectivity index (χ4n) is 4.04. The Hall–Kier alpha value is -1.34. The SMILES string of the molecule is CCC1(C(N)c2ccc(C)c3ccccc23)CCCC1. The molecule has 0 amide bonds. The van der Waals surface area contributed by atoms with Gasteiger partial charge in [0.25, 0.3) is 0 Å². The average Bonchev–Trinajstić information content (AvgIpc) is 2.97. The number of hydrogen-bond donors (Lipinski definition) is 1. The summed E-state index contributed by atoms with van der Waals surface area (Å²) in [5, 5.41) is 2.70. The summed E-state index contributed by atoms with van der Waals surface area (Å²) in [5.41, 5.74) is 9.76. The van der Waals surface area contributed by atoms with E-state index < -0.39 is 0 Å². The number of aryl methyl sites for hydroxylation is 1. The highest BCUT2D eigenvalue weighted by Gasteiger charge is 2.39. The second-order valence-corrected chi connectivity index (χ2v) is 6.42. The third-order valence-electron chi connectivity index (χ3n) is 5.47. The van der Waals surface area contributed by atoms with E-state index in [4.69, 9.17) is 5.73 Å².